The van der Waals surface area contributed by atoms with Gasteiger partial charge >= 0.3 is 0 Å². The number of nitrogens with one attached hydrogen (secondary N) is 2. The molecule has 2 N–H and O–H groups in total. The lowest BCUT2D eigenvalue weighted by atomic mass is 10.0. The topological polar surface area (TPSA) is 62.2 Å². The molecular formula is C32H29N5OS. The molecule has 6 nitrogen and oxygen atoms in total. The Kier molecular flexibility index (Phi) is 6.82. The maximum atomic E-state index is 13.2. The maximum absolute atomic E-state index is 13.2. The van der Waals surface area contributed by atoms with E-state index in [-0.39, 0.29) is 18.0 Å². The number of amides is 1. The number of carbonyl (C=O) groups excluding carboxylic acids is 1. The second-order valence-electron chi connectivity index (χ2n) is 9.72. The van der Waals surface area contributed by atoms with Crippen LogP contribution in [0.1, 0.15) is 35.6 Å². The number of aromatic nitrogens is 2. The summed E-state index contributed by atoms with van der Waals surface area (Å²) in [5.74, 6) is -0.0520. The predicted molar refractivity (Wildman–Crippen MR) is 160 cm³/mol. The second-order valence-corrected chi connectivity index (χ2v) is 10.1. The van der Waals surface area contributed by atoms with Gasteiger partial charge in [0, 0.05) is 47.3 Å². The Hall–Kier alpha value is -4.49. The number of anilines is 1. The third kappa shape index (κ3) is 4.89. The number of hydrogen-bond donors (Lipinski definition) is 2. The maximum Gasteiger partial charge on any atom is 0.226 e. The van der Waals surface area contributed by atoms with Crippen LogP contribution in [0.15, 0.2) is 109 Å². The van der Waals surface area contributed by atoms with E-state index in [1.165, 1.54) is 0 Å². The van der Waals surface area contributed by atoms with Gasteiger partial charge in [0.25, 0.3) is 0 Å². The minimum absolute atomic E-state index is 0.0520. The van der Waals surface area contributed by atoms with Crippen molar-refractivity contribution in [2.45, 2.75) is 25.4 Å². The largest absolute Gasteiger partial charge is 0.352 e. The highest BCUT2D eigenvalue weighted by molar-refractivity contribution is 7.80. The van der Waals surface area contributed by atoms with Gasteiger partial charge in [0.2, 0.25) is 5.91 Å². The van der Waals surface area contributed by atoms with Gasteiger partial charge in [0.15, 0.2) is 5.11 Å². The molecule has 0 radical (unpaired) electrons. The molecule has 0 saturated carbocycles. The quantitative estimate of drug-likeness (QED) is 0.240. The molecule has 3 heterocycles. The first-order valence-corrected chi connectivity index (χ1v) is 13.5. The Balaban J connectivity index is 1.30. The molecule has 1 aliphatic rings. The smallest absolute Gasteiger partial charge is 0.226 e. The van der Waals surface area contributed by atoms with Gasteiger partial charge in [-0.2, -0.15) is 0 Å². The van der Waals surface area contributed by atoms with E-state index in [1.54, 1.807) is 6.20 Å². The Labute approximate surface area is 233 Å². The molecule has 7 heteroatoms. The number of nitrogens with zero attached hydrogens (tertiary/aromatic N) is 3. The normalized spacial score (nSPS) is 16.8. The summed E-state index contributed by atoms with van der Waals surface area (Å²) in [5, 5.41) is 9.35. The summed E-state index contributed by atoms with van der Waals surface area (Å²) in [5.41, 5.74) is 5.03. The SMILES string of the molecule is Cc1ccc([C@@H]2[C@H](c3ccccn3)NC(=S)N2CCC(=O)Nc2cccc3ccccc23)n1-c1ccccc1. The molecule has 1 fully saturated rings. The fourth-order valence-electron chi connectivity index (χ4n) is 5.46. The molecule has 2 atom stereocenters. The highest BCUT2D eigenvalue weighted by atomic mass is 32.1. The van der Waals surface area contributed by atoms with Gasteiger partial charge in [0.05, 0.1) is 17.8 Å². The van der Waals surface area contributed by atoms with E-state index in [2.05, 4.69) is 56.3 Å². The zero-order valence-corrected chi connectivity index (χ0v) is 22.4. The Morgan fingerprint density at radius 3 is 2.51 bits per heavy atom. The molecule has 5 aromatic rings. The van der Waals surface area contributed by atoms with Gasteiger partial charge in [-0.05, 0) is 67.0 Å². The molecule has 0 unspecified atom stereocenters. The Bertz CT molecular complexity index is 1630. The van der Waals surface area contributed by atoms with Crippen molar-refractivity contribution in [2.24, 2.45) is 0 Å². The fourth-order valence-corrected chi connectivity index (χ4v) is 5.79. The van der Waals surface area contributed by atoms with Crippen molar-refractivity contribution in [3.63, 3.8) is 0 Å². The van der Waals surface area contributed by atoms with Crippen molar-refractivity contribution in [3.8, 4) is 5.69 Å². The lowest BCUT2D eigenvalue weighted by Gasteiger charge is -2.29. The lowest BCUT2D eigenvalue weighted by molar-refractivity contribution is -0.116. The molecular weight excluding hydrogens is 502 g/mol. The molecule has 6 rings (SSSR count). The number of rotatable bonds is 7. The second kappa shape index (κ2) is 10.7. The van der Waals surface area contributed by atoms with Crippen LogP contribution in [-0.4, -0.2) is 32.0 Å². The minimum Gasteiger partial charge on any atom is -0.352 e. The van der Waals surface area contributed by atoms with Crippen LogP contribution in [0, 0.1) is 6.92 Å². The number of thiocarbonyl (C=S) groups is 1. The molecule has 0 spiro atoms. The summed E-state index contributed by atoms with van der Waals surface area (Å²) >= 11 is 5.85. The molecule has 3 aromatic carbocycles. The van der Waals surface area contributed by atoms with Crippen LogP contribution in [0.3, 0.4) is 0 Å². The first-order valence-electron chi connectivity index (χ1n) is 13.1. The van der Waals surface area contributed by atoms with Crippen LogP contribution in [-0.2, 0) is 4.79 Å². The Morgan fingerprint density at radius 1 is 0.923 bits per heavy atom. The monoisotopic (exact) mass is 531 g/mol. The Morgan fingerprint density at radius 2 is 1.69 bits per heavy atom. The average Bonchev–Trinajstić information content (AvgIpc) is 3.51. The summed E-state index contributed by atoms with van der Waals surface area (Å²) in [6, 6.07) is 34.2. The molecule has 1 saturated heterocycles. The van der Waals surface area contributed by atoms with E-state index in [9.17, 15) is 4.79 Å². The number of carbonyl (C=O) groups is 1. The summed E-state index contributed by atoms with van der Waals surface area (Å²) in [6.45, 7) is 2.57. The van der Waals surface area contributed by atoms with Crippen LogP contribution in [0.4, 0.5) is 5.69 Å². The van der Waals surface area contributed by atoms with Gasteiger partial charge in [-0.1, -0.05) is 60.7 Å². The number of aryl methyl sites for hydroxylation is 1. The van der Waals surface area contributed by atoms with E-state index >= 15 is 0 Å². The highest BCUT2D eigenvalue weighted by Crippen LogP contribution is 2.40. The van der Waals surface area contributed by atoms with Gasteiger partial charge in [-0.25, -0.2) is 0 Å². The molecule has 39 heavy (non-hydrogen) atoms. The zero-order valence-electron chi connectivity index (χ0n) is 21.6. The summed E-state index contributed by atoms with van der Waals surface area (Å²) in [4.78, 5) is 20.0. The van der Waals surface area contributed by atoms with Crippen LogP contribution in [0.2, 0.25) is 0 Å². The number of benzene rings is 3. The lowest BCUT2D eigenvalue weighted by Crippen LogP contribution is -2.33. The van der Waals surface area contributed by atoms with E-state index < -0.39 is 0 Å². The number of para-hydroxylation sites is 1. The number of hydrogen-bond acceptors (Lipinski definition) is 3. The van der Waals surface area contributed by atoms with Crippen molar-refractivity contribution < 1.29 is 4.79 Å². The molecule has 0 aliphatic carbocycles. The van der Waals surface area contributed by atoms with Gasteiger partial charge in [0.1, 0.15) is 0 Å². The fraction of sp³-hybridized carbons (Fsp3) is 0.156. The zero-order chi connectivity index (χ0) is 26.8. The first-order chi connectivity index (χ1) is 19.1. The summed E-state index contributed by atoms with van der Waals surface area (Å²) in [6.07, 6.45) is 2.10. The summed E-state index contributed by atoms with van der Waals surface area (Å²) < 4.78 is 2.26. The van der Waals surface area contributed by atoms with Gasteiger partial charge in [-0.15, -0.1) is 0 Å². The van der Waals surface area contributed by atoms with Crippen molar-refractivity contribution >= 4 is 39.7 Å². The minimum atomic E-state index is -0.156. The average molecular weight is 532 g/mol. The molecule has 2 aromatic heterocycles. The third-order valence-electron chi connectivity index (χ3n) is 7.26. The molecule has 0 bridgehead atoms. The van der Waals surface area contributed by atoms with E-state index in [0.29, 0.717) is 18.1 Å². The van der Waals surface area contributed by atoms with Crippen molar-refractivity contribution in [1.82, 2.24) is 19.8 Å². The molecule has 1 amide bonds. The van der Waals surface area contributed by atoms with E-state index in [1.807, 2.05) is 78.9 Å². The van der Waals surface area contributed by atoms with Gasteiger partial charge < -0.3 is 20.1 Å². The van der Waals surface area contributed by atoms with Gasteiger partial charge in [-0.3, -0.25) is 9.78 Å². The van der Waals surface area contributed by atoms with Crippen LogP contribution in [0.5, 0.6) is 0 Å². The molecule has 1 aliphatic heterocycles. The van der Waals surface area contributed by atoms with E-state index in [0.717, 1.165) is 39.2 Å². The summed E-state index contributed by atoms with van der Waals surface area (Å²) in [7, 11) is 0. The van der Waals surface area contributed by atoms with Crippen molar-refractivity contribution in [1.29, 1.82) is 0 Å². The molecule has 194 valence electrons. The van der Waals surface area contributed by atoms with Crippen molar-refractivity contribution in [2.75, 3.05) is 11.9 Å². The number of fused-ring (bicyclic) bond motifs is 1. The van der Waals surface area contributed by atoms with E-state index in [4.69, 9.17) is 12.2 Å². The predicted octanol–water partition coefficient (Wildman–Crippen LogP) is 6.34. The standard InChI is InChI=1S/C32H29N5OS/c1-22-17-18-28(37(22)24-12-3-2-4-13-24)31-30(27-15-7-8-20-33-27)35-32(39)36(31)21-19-29(38)34-26-16-9-11-23-10-5-6-14-25(23)26/h2-18,20,30-31H,19,21H2,1H3,(H,34,38)(H,35,39)/t30-,31+/m0/s1. The van der Waals surface area contributed by atoms with Crippen LogP contribution < -0.4 is 10.6 Å². The third-order valence-corrected chi connectivity index (χ3v) is 7.62. The van der Waals surface area contributed by atoms with Crippen LogP contribution >= 0.6 is 12.2 Å². The van der Waals surface area contributed by atoms with Crippen LogP contribution in [0.25, 0.3) is 16.5 Å². The first kappa shape index (κ1) is 24.8. The van der Waals surface area contributed by atoms with Crippen molar-refractivity contribution in [3.05, 3.63) is 126 Å². The highest BCUT2D eigenvalue weighted by Gasteiger charge is 2.41. The number of pyridine rings is 1.